The van der Waals surface area contributed by atoms with Gasteiger partial charge in [-0.2, -0.15) is 0 Å². The maximum Gasteiger partial charge on any atom is 0.219 e. The van der Waals surface area contributed by atoms with Crippen LogP contribution in [0.25, 0.3) is 10.9 Å². The van der Waals surface area contributed by atoms with Crippen LogP contribution in [-0.2, 0) is 4.79 Å². The van der Waals surface area contributed by atoms with Gasteiger partial charge < -0.3 is 14.8 Å². The van der Waals surface area contributed by atoms with E-state index in [4.69, 9.17) is 0 Å². The number of anilines is 1. The highest BCUT2D eigenvalue weighted by Gasteiger charge is 2.18. The number of carbonyl (C=O) groups is 1. The van der Waals surface area contributed by atoms with Crippen molar-refractivity contribution in [2.45, 2.75) is 13.3 Å². The zero-order valence-corrected chi connectivity index (χ0v) is 11.2. The number of aromatic amines is 1. The number of hydrogen-bond donors (Lipinski definition) is 1. The summed E-state index contributed by atoms with van der Waals surface area (Å²) in [7, 11) is 0. The quantitative estimate of drug-likeness (QED) is 0.851. The van der Waals surface area contributed by atoms with Crippen molar-refractivity contribution in [3.05, 3.63) is 30.5 Å². The number of rotatable bonds is 1. The van der Waals surface area contributed by atoms with Crippen LogP contribution < -0.4 is 4.90 Å². The van der Waals surface area contributed by atoms with E-state index in [0.29, 0.717) is 0 Å². The van der Waals surface area contributed by atoms with Crippen molar-refractivity contribution in [3.8, 4) is 0 Å². The van der Waals surface area contributed by atoms with E-state index in [1.807, 2.05) is 11.1 Å². The van der Waals surface area contributed by atoms with Gasteiger partial charge in [0.25, 0.3) is 0 Å². The Hall–Kier alpha value is -1.97. The molecule has 4 nitrogen and oxygen atoms in total. The summed E-state index contributed by atoms with van der Waals surface area (Å²) in [5.41, 5.74) is 2.44. The molecule has 3 rings (SSSR count). The second-order valence-electron chi connectivity index (χ2n) is 5.06. The predicted molar refractivity (Wildman–Crippen MR) is 77.4 cm³/mol. The molecule has 100 valence electrons. The predicted octanol–water partition coefficient (Wildman–Crippen LogP) is 2.23. The molecule has 1 fully saturated rings. The molecule has 1 aliphatic heterocycles. The van der Waals surface area contributed by atoms with Crippen LogP contribution in [0.1, 0.15) is 13.3 Å². The van der Waals surface area contributed by atoms with Crippen LogP contribution in [-0.4, -0.2) is 42.0 Å². The Morgan fingerprint density at radius 1 is 1.16 bits per heavy atom. The van der Waals surface area contributed by atoms with Crippen LogP contribution in [0.15, 0.2) is 30.5 Å². The van der Waals surface area contributed by atoms with Gasteiger partial charge in [0.1, 0.15) is 0 Å². The highest BCUT2D eigenvalue weighted by Crippen LogP contribution is 2.26. The van der Waals surface area contributed by atoms with E-state index in [1.54, 1.807) is 6.92 Å². The lowest BCUT2D eigenvalue weighted by Crippen LogP contribution is -2.33. The first-order valence-electron chi connectivity index (χ1n) is 6.82. The van der Waals surface area contributed by atoms with Crippen LogP contribution in [0.5, 0.6) is 0 Å². The average Bonchev–Trinajstić information content (AvgIpc) is 2.74. The Morgan fingerprint density at radius 3 is 2.89 bits per heavy atom. The largest absolute Gasteiger partial charge is 0.369 e. The van der Waals surface area contributed by atoms with Crippen LogP contribution in [0.3, 0.4) is 0 Å². The van der Waals surface area contributed by atoms with Gasteiger partial charge in [0, 0.05) is 55.9 Å². The van der Waals surface area contributed by atoms with Gasteiger partial charge in [-0.05, 0) is 24.6 Å². The summed E-state index contributed by atoms with van der Waals surface area (Å²) in [6, 6.07) is 8.47. The average molecular weight is 257 g/mol. The topological polar surface area (TPSA) is 39.3 Å². The first kappa shape index (κ1) is 12.1. The minimum atomic E-state index is 0.182. The van der Waals surface area contributed by atoms with E-state index in [2.05, 4.69) is 34.1 Å². The summed E-state index contributed by atoms with van der Waals surface area (Å²) in [5, 5.41) is 1.26. The Kier molecular flexibility index (Phi) is 3.15. The zero-order valence-electron chi connectivity index (χ0n) is 11.2. The van der Waals surface area contributed by atoms with Gasteiger partial charge in [-0.3, -0.25) is 4.79 Å². The third kappa shape index (κ3) is 2.30. The summed E-state index contributed by atoms with van der Waals surface area (Å²) >= 11 is 0. The lowest BCUT2D eigenvalue weighted by Gasteiger charge is -2.24. The van der Waals surface area contributed by atoms with Gasteiger partial charge in [-0.1, -0.05) is 6.07 Å². The molecule has 1 aromatic heterocycles. The molecular weight excluding hydrogens is 238 g/mol. The molecule has 19 heavy (non-hydrogen) atoms. The van der Waals surface area contributed by atoms with Crippen molar-refractivity contribution in [3.63, 3.8) is 0 Å². The summed E-state index contributed by atoms with van der Waals surface area (Å²) in [6.07, 6.45) is 3.01. The Balaban J connectivity index is 1.86. The fourth-order valence-corrected chi connectivity index (χ4v) is 2.82. The molecule has 1 aliphatic rings. The monoisotopic (exact) mass is 257 g/mol. The van der Waals surface area contributed by atoms with E-state index in [-0.39, 0.29) is 5.91 Å². The smallest absolute Gasteiger partial charge is 0.219 e. The maximum absolute atomic E-state index is 11.5. The third-order valence-electron chi connectivity index (χ3n) is 3.85. The van der Waals surface area contributed by atoms with Crippen LogP contribution >= 0.6 is 0 Å². The highest BCUT2D eigenvalue weighted by atomic mass is 16.2. The number of amides is 1. The summed E-state index contributed by atoms with van der Waals surface area (Å²) < 4.78 is 0. The fourth-order valence-electron chi connectivity index (χ4n) is 2.82. The van der Waals surface area contributed by atoms with Gasteiger partial charge in [-0.15, -0.1) is 0 Å². The fraction of sp³-hybridized carbons (Fsp3) is 0.400. The van der Waals surface area contributed by atoms with Crippen molar-refractivity contribution in [2.24, 2.45) is 0 Å². The van der Waals surface area contributed by atoms with Crippen LogP contribution in [0, 0.1) is 0 Å². The number of benzene rings is 1. The number of hydrogen-bond acceptors (Lipinski definition) is 2. The normalized spacial score (nSPS) is 16.7. The van der Waals surface area contributed by atoms with Gasteiger partial charge >= 0.3 is 0 Å². The molecule has 0 spiro atoms. The van der Waals surface area contributed by atoms with Gasteiger partial charge in [0.15, 0.2) is 0 Å². The van der Waals surface area contributed by atoms with Crippen molar-refractivity contribution in [1.82, 2.24) is 9.88 Å². The SMILES string of the molecule is CC(=O)N1CCCN(c2cccc3[nH]ccc23)CC1. The molecule has 0 unspecified atom stereocenters. The number of nitrogens with one attached hydrogen (secondary N) is 1. The standard InChI is InChI=1S/C15H19N3O/c1-12(19)17-8-3-9-18(11-10-17)15-5-2-4-14-13(15)6-7-16-14/h2,4-7,16H,3,8-11H2,1H3. The Morgan fingerprint density at radius 2 is 2.05 bits per heavy atom. The maximum atomic E-state index is 11.5. The van der Waals surface area contributed by atoms with Crippen molar-refractivity contribution in [1.29, 1.82) is 0 Å². The molecular formula is C15H19N3O. The molecule has 1 amide bonds. The number of carbonyl (C=O) groups excluding carboxylic acids is 1. The second-order valence-corrected chi connectivity index (χ2v) is 5.06. The van der Waals surface area contributed by atoms with Crippen molar-refractivity contribution < 1.29 is 4.79 Å². The van der Waals surface area contributed by atoms with E-state index in [9.17, 15) is 4.79 Å². The summed E-state index contributed by atoms with van der Waals surface area (Å²) in [6.45, 7) is 5.26. The van der Waals surface area contributed by atoms with E-state index in [1.165, 1.54) is 16.6 Å². The molecule has 1 aromatic carbocycles. The van der Waals surface area contributed by atoms with E-state index >= 15 is 0 Å². The molecule has 1 saturated heterocycles. The molecule has 0 aliphatic carbocycles. The van der Waals surface area contributed by atoms with Crippen molar-refractivity contribution in [2.75, 3.05) is 31.1 Å². The molecule has 0 radical (unpaired) electrons. The second kappa shape index (κ2) is 4.96. The molecule has 1 N–H and O–H groups in total. The molecule has 2 heterocycles. The minimum Gasteiger partial charge on any atom is -0.369 e. The molecule has 0 bridgehead atoms. The molecule has 2 aromatic rings. The zero-order chi connectivity index (χ0) is 13.2. The summed E-state index contributed by atoms with van der Waals surface area (Å²) in [5.74, 6) is 0.182. The summed E-state index contributed by atoms with van der Waals surface area (Å²) in [4.78, 5) is 19.0. The molecule has 4 heteroatoms. The Bertz CT molecular complexity index is 590. The first-order valence-corrected chi connectivity index (χ1v) is 6.82. The number of H-pyrrole nitrogens is 1. The Labute approximate surface area is 113 Å². The number of nitrogens with zero attached hydrogens (tertiary/aromatic N) is 2. The van der Waals surface area contributed by atoms with E-state index < -0.39 is 0 Å². The molecule has 0 saturated carbocycles. The van der Waals surface area contributed by atoms with Crippen LogP contribution in [0.2, 0.25) is 0 Å². The number of aromatic nitrogens is 1. The van der Waals surface area contributed by atoms with Crippen LogP contribution in [0.4, 0.5) is 5.69 Å². The lowest BCUT2D eigenvalue weighted by molar-refractivity contribution is -0.128. The number of fused-ring (bicyclic) bond motifs is 1. The van der Waals surface area contributed by atoms with Crippen molar-refractivity contribution >= 4 is 22.5 Å². The lowest BCUT2D eigenvalue weighted by atomic mass is 10.2. The van der Waals surface area contributed by atoms with Gasteiger partial charge in [0.2, 0.25) is 5.91 Å². The van der Waals surface area contributed by atoms with Gasteiger partial charge in [0.05, 0.1) is 0 Å². The minimum absolute atomic E-state index is 0.182. The molecule has 0 atom stereocenters. The first-order chi connectivity index (χ1) is 9.25. The van der Waals surface area contributed by atoms with E-state index in [0.717, 1.165) is 32.6 Å². The third-order valence-corrected chi connectivity index (χ3v) is 3.85. The van der Waals surface area contributed by atoms with Gasteiger partial charge in [-0.25, -0.2) is 0 Å². The highest BCUT2D eigenvalue weighted by molar-refractivity contribution is 5.92.